The van der Waals surface area contributed by atoms with Crippen molar-refractivity contribution in [2.45, 2.75) is 64.1 Å². The van der Waals surface area contributed by atoms with E-state index in [4.69, 9.17) is 0 Å². The predicted molar refractivity (Wildman–Crippen MR) is 144 cm³/mol. The Morgan fingerprint density at radius 1 is 0.914 bits per heavy atom. The largest absolute Gasteiger partial charge is 0.352 e. The Morgan fingerprint density at radius 2 is 1.60 bits per heavy atom. The van der Waals surface area contributed by atoms with E-state index in [-0.39, 0.29) is 24.3 Å². The van der Waals surface area contributed by atoms with Crippen molar-refractivity contribution in [1.82, 2.24) is 10.2 Å². The van der Waals surface area contributed by atoms with Gasteiger partial charge in [-0.3, -0.25) is 9.59 Å². The van der Waals surface area contributed by atoms with E-state index < -0.39 is 6.04 Å². The number of carbonyl (C=O) groups excluding carboxylic acids is 2. The molecule has 1 atom stereocenters. The Balaban J connectivity index is 1.66. The van der Waals surface area contributed by atoms with E-state index in [1.807, 2.05) is 85.8 Å². The lowest BCUT2D eigenvalue weighted by Crippen LogP contribution is -2.52. The Labute approximate surface area is 216 Å². The molecule has 4 rings (SSSR count). The van der Waals surface area contributed by atoms with Gasteiger partial charge in [0, 0.05) is 23.5 Å². The number of rotatable bonds is 9. The van der Waals surface area contributed by atoms with Crippen LogP contribution in [0.4, 0.5) is 0 Å². The molecular weight excluding hydrogens is 500 g/mol. The quantitative estimate of drug-likeness (QED) is 0.367. The molecule has 35 heavy (non-hydrogen) atoms. The van der Waals surface area contributed by atoms with Crippen molar-refractivity contribution in [1.29, 1.82) is 0 Å². The molecule has 0 spiro atoms. The van der Waals surface area contributed by atoms with Crippen LogP contribution in [0.15, 0.2) is 83.3 Å². The van der Waals surface area contributed by atoms with E-state index in [0.717, 1.165) is 52.4 Å². The van der Waals surface area contributed by atoms with Gasteiger partial charge in [-0.25, -0.2) is 0 Å². The van der Waals surface area contributed by atoms with Gasteiger partial charge in [0.05, 0.1) is 6.42 Å². The van der Waals surface area contributed by atoms with E-state index in [2.05, 4.69) is 21.2 Å². The monoisotopic (exact) mass is 532 g/mol. The summed E-state index contributed by atoms with van der Waals surface area (Å²) in [5.74, 6) is -0.105. The summed E-state index contributed by atoms with van der Waals surface area (Å²) in [4.78, 5) is 29.3. The fourth-order valence-corrected chi connectivity index (χ4v) is 5.30. The maximum atomic E-state index is 13.8. The first-order valence-corrected chi connectivity index (χ1v) is 13.2. The van der Waals surface area contributed by atoms with Gasteiger partial charge in [-0.15, -0.1) is 0 Å². The zero-order chi connectivity index (χ0) is 24.6. The summed E-state index contributed by atoms with van der Waals surface area (Å²) in [6.45, 7) is 2.40. The van der Waals surface area contributed by atoms with E-state index in [0.29, 0.717) is 13.0 Å². The van der Waals surface area contributed by atoms with Gasteiger partial charge in [0.1, 0.15) is 6.04 Å². The van der Waals surface area contributed by atoms with Crippen LogP contribution in [0.2, 0.25) is 0 Å². The van der Waals surface area contributed by atoms with Crippen LogP contribution in [0, 0.1) is 6.92 Å². The number of nitrogens with one attached hydrogen (secondary N) is 1. The number of nitrogens with zero attached hydrogens (tertiary/aromatic N) is 1. The number of carbonyl (C=O) groups is 2. The summed E-state index contributed by atoms with van der Waals surface area (Å²) in [5, 5.41) is 3.26. The molecule has 0 saturated heterocycles. The van der Waals surface area contributed by atoms with Crippen LogP contribution >= 0.6 is 15.9 Å². The molecule has 3 aromatic carbocycles. The summed E-state index contributed by atoms with van der Waals surface area (Å²) in [5.41, 5.74) is 4.11. The highest BCUT2D eigenvalue weighted by atomic mass is 79.9. The van der Waals surface area contributed by atoms with Gasteiger partial charge in [0.15, 0.2) is 0 Å². The van der Waals surface area contributed by atoms with E-state index in [1.54, 1.807) is 4.90 Å². The third kappa shape index (κ3) is 7.28. The molecular formula is C30H33BrN2O2. The van der Waals surface area contributed by atoms with Crippen LogP contribution in [0.25, 0.3) is 0 Å². The van der Waals surface area contributed by atoms with Crippen molar-refractivity contribution in [3.05, 3.63) is 106 Å². The second-order valence-electron chi connectivity index (χ2n) is 9.51. The van der Waals surface area contributed by atoms with Crippen LogP contribution in [-0.4, -0.2) is 28.8 Å². The lowest BCUT2D eigenvalue weighted by Gasteiger charge is -2.32. The van der Waals surface area contributed by atoms with Crippen LogP contribution in [0.5, 0.6) is 0 Å². The fraction of sp³-hybridized carbons (Fsp3) is 0.333. The van der Waals surface area contributed by atoms with Gasteiger partial charge >= 0.3 is 0 Å². The van der Waals surface area contributed by atoms with Gasteiger partial charge in [-0.05, 0) is 48.6 Å². The standard InChI is InChI=1S/C30H33BrN2O2/c1-22-9-7-12-24(17-22)20-29(34)33(21-25-13-8-14-26(31)18-25)28(19-23-10-3-2-4-11-23)30(35)32-27-15-5-6-16-27/h2-4,7-14,17-18,27-28H,5-6,15-16,19-21H2,1H3,(H,32,35)/t28-/m0/s1. The highest BCUT2D eigenvalue weighted by molar-refractivity contribution is 9.10. The van der Waals surface area contributed by atoms with Gasteiger partial charge in [0.2, 0.25) is 11.8 Å². The first-order chi connectivity index (χ1) is 17.0. The normalized spacial score (nSPS) is 14.5. The average Bonchev–Trinajstić information content (AvgIpc) is 3.35. The molecule has 1 saturated carbocycles. The molecule has 0 aromatic heterocycles. The summed E-state index contributed by atoms with van der Waals surface area (Å²) >= 11 is 3.55. The average molecular weight is 534 g/mol. The maximum absolute atomic E-state index is 13.8. The molecule has 0 radical (unpaired) electrons. The summed E-state index contributed by atoms with van der Waals surface area (Å²) in [6.07, 6.45) is 5.04. The highest BCUT2D eigenvalue weighted by Crippen LogP contribution is 2.21. The predicted octanol–water partition coefficient (Wildman–Crippen LogP) is 6.00. The van der Waals surface area contributed by atoms with E-state index >= 15 is 0 Å². The molecule has 0 aliphatic heterocycles. The number of aryl methyl sites for hydroxylation is 1. The number of amides is 2. The van der Waals surface area contributed by atoms with Crippen molar-refractivity contribution < 1.29 is 9.59 Å². The van der Waals surface area contributed by atoms with Crippen molar-refractivity contribution in [3.8, 4) is 0 Å². The minimum Gasteiger partial charge on any atom is -0.352 e. The molecule has 1 fully saturated rings. The van der Waals surface area contributed by atoms with E-state index in [9.17, 15) is 9.59 Å². The Kier molecular flexibility index (Phi) is 8.75. The molecule has 0 unspecified atom stereocenters. The van der Waals surface area contributed by atoms with Gasteiger partial charge in [-0.1, -0.05) is 101 Å². The van der Waals surface area contributed by atoms with Crippen LogP contribution in [-0.2, 0) is 29.0 Å². The Hall–Kier alpha value is -2.92. The van der Waals surface area contributed by atoms with Crippen LogP contribution in [0.3, 0.4) is 0 Å². The summed E-state index contributed by atoms with van der Waals surface area (Å²) < 4.78 is 0.955. The van der Waals surface area contributed by atoms with Crippen LogP contribution < -0.4 is 5.32 Å². The van der Waals surface area contributed by atoms with Crippen molar-refractivity contribution in [2.75, 3.05) is 0 Å². The molecule has 1 aliphatic rings. The fourth-order valence-electron chi connectivity index (χ4n) is 4.85. The van der Waals surface area contributed by atoms with Gasteiger partial charge in [0.25, 0.3) is 0 Å². The Morgan fingerprint density at radius 3 is 2.31 bits per heavy atom. The van der Waals surface area contributed by atoms with Crippen molar-refractivity contribution in [2.24, 2.45) is 0 Å². The molecule has 182 valence electrons. The molecule has 4 nitrogen and oxygen atoms in total. The van der Waals surface area contributed by atoms with Gasteiger partial charge < -0.3 is 10.2 Å². The third-order valence-corrected chi connectivity index (χ3v) is 7.15. The topological polar surface area (TPSA) is 49.4 Å². The summed E-state index contributed by atoms with van der Waals surface area (Å²) in [6, 6.07) is 25.6. The lowest BCUT2D eigenvalue weighted by molar-refractivity contribution is -0.141. The summed E-state index contributed by atoms with van der Waals surface area (Å²) in [7, 11) is 0. The molecule has 2 amide bonds. The van der Waals surface area contributed by atoms with Crippen molar-refractivity contribution in [3.63, 3.8) is 0 Å². The second kappa shape index (κ2) is 12.2. The first kappa shape index (κ1) is 25.2. The lowest BCUT2D eigenvalue weighted by atomic mass is 10.0. The SMILES string of the molecule is Cc1cccc(CC(=O)N(Cc2cccc(Br)c2)[C@@H](Cc2ccccc2)C(=O)NC2CCCC2)c1. The maximum Gasteiger partial charge on any atom is 0.243 e. The van der Waals surface area contributed by atoms with Gasteiger partial charge in [-0.2, -0.15) is 0 Å². The molecule has 0 bridgehead atoms. The van der Waals surface area contributed by atoms with Crippen molar-refractivity contribution >= 4 is 27.7 Å². The number of halogens is 1. The zero-order valence-electron chi connectivity index (χ0n) is 20.3. The Bertz CT molecular complexity index is 1140. The smallest absolute Gasteiger partial charge is 0.243 e. The first-order valence-electron chi connectivity index (χ1n) is 12.4. The molecule has 1 N–H and O–H groups in total. The number of benzene rings is 3. The number of hydrogen-bond acceptors (Lipinski definition) is 2. The molecule has 0 heterocycles. The van der Waals surface area contributed by atoms with E-state index in [1.165, 1.54) is 0 Å². The highest BCUT2D eigenvalue weighted by Gasteiger charge is 2.32. The number of hydrogen-bond donors (Lipinski definition) is 1. The minimum atomic E-state index is -0.589. The third-order valence-electron chi connectivity index (χ3n) is 6.65. The molecule has 5 heteroatoms. The zero-order valence-corrected chi connectivity index (χ0v) is 21.8. The second-order valence-corrected chi connectivity index (χ2v) is 10.4. The molecule has 1 aliphatic carbocycles. The minimum absolute atomic E-state index is 0.0434. The molecule has 3 aromatic rings. The van der Waals surface area contributed by atoms with Crippen LogP contribution in [0.1, 0.15) is 47.9 Å².